The Morgan fingerprint density at radius 2 is 0.954 bits per heavy atom. The third-order valence-corrected chi connectivity index (χ3v) is 17.3. The molecule has 2 aromatic heterocycles. The van der Waals surface area contributed by atoms with E-state index in [0.29, 0.717) is 17.5 Å². The Labute approximate surface area is 379 Å². The summed E-state index contributed by atoms with van der Waals surface area (Å²) in [5, 5.41) is 4.50. The largest absolute Gasteiger partial charge is 0.456 e. The van der Waals surface area contributed by atoms with Crippen LogP contribution in [0, 0.1) is 0 Å². The van der Waals surface area contributed by atoms with E-state index in [1.807, 2.05) is 109 Å². The van der Waals surface area contributed by atoms with Crippen LogP contribution in [0.15, 0.2) is 233 Å². The molecule has 9 aromatic carbocycles. The highest BCUT2D eigenvalue weighted by Gasteiger charge is 2.54. The van der Waals surface area contributed by atoms with Crippen molar-refractivity contribution in [2.45, 2.75) is 15.2 Å². The van der Waals surface area contributed by atoms with Gasteiger partial charge in [0.2, 0.25) is 0 Å². The van der Waals surface area contributed by atoms with Gasteiger partial charge in [0.15, 0.2) is 24.6 Å². The fourth-order valence-electron chi connectivity index (χ4n) is 10.2. The normalized spacial score (nSPS) is 17.0. The maximum atomic E-state index is 16.5. The zero-order chi connectivity index (χ0) is 43.1. The Morgan fingerprint density at radius 1 is 0.385 bits per heavy atom. The summed E-state index contributed by atoms with van der Waals surface area (Å²) >= 11 is 1.79. The average molecular weight is 870 g/mol. The van der Waals surface area contributed by atoms with E-state index < -0.39 is 12.6 Å². The van der Waals surface area contributed by atoms with Crippen LogP contribution in [0.25, 0.3) is 67.2 Å². The van der Waals surface area contributed by atoms with E-state index >= 15 is 4.57 Å². The molecule has 65 heavy (non-hydrogen) atoms. The molecular formula is C58H36N3O2PS. The van der Waals surface area contributed by atoms with Crippen LogP contribution in [0.2, 0.25) is 0 Å². The molecule has 2 aliphatic heterocycles. The molecule has 0 saturated heterocycles. The minimum absolute atomic E-state index is 0.608. The van der Waals surface area contributed by atoms with Crippen LogP contribution in [-0.2, 0) is 9.98 Å². The summed E-state index contributed by atoms with van der Waals surface area (Å²) < 4.78 is 23.1. The Morgan fingerprint density at radius 3 is 1.71 bits per heavy atom. The van der Waals surface area contributed by atoms with E-state index in [2.05, 4.69) is 109 Å². The molecule has 11 aromatic rings. The molecule has 2 aliphatic rings. The lowest BCUT2D eigenvalue weighted by Crippen LogP contribution is -2.48. The first-order chi connectivity index (χ1) is 32.1. The number of rotatable bonds is 5. The molecule has 5 nitrogen and oxygen atoms in total. The Balaban J connectivity index is 1.04. The molecule has 13 rings (SSSR count). The van der Waals surface area contributed by atoms with Crippen LogP contribution in [-0.4, -0.2) is 15.0 Å². The second-order valence-corrected chi connectivity index (χ2v) is 20.4. The monoisotopic (exact) mass is 869 g/mol. The number of hydrogen-bond acceptors (Lipinski definition) is 6. The number of hydrogen-bond donors (Lipinski definition) is 0. The molecule has 1 spiro atoms. The number of fused-ring (bicyclic) bond motifs is 11. The molecule has 7 heteroatoms. The number of para-hydroxylation sites is 1. The first-order valence-electron chi connectivity index (χ1n) is 21.7. The highest BCUT2D eigenvalue weighted by molar-refractivity contribution is 7.99. The number of aromatic nitrogens is 3. The Kier molecular flexibility index (Phi) is 8.58. The SMILES string of the molecule is O=P1(c2ccccc2)c2ccccc2C2(c3ccccc3Sc3cc(-c4cccc(-c5nc(-c6ccccc6)nc(-c6ccccc6)n5)c4)ccc32)c2cc3c(cc21)oc1ccccc13. The van der Waals surface area contributed by atoms with Gasteiger partial charge >= 0.3 is 0 Å². The van der Waals surface area contributed by atoms with Crippen molar-refractivity contribution in [2.75, 3.05) is 0 Å². The van der Waals surface area contributed by atoms with E-state index in [9.17, 15) is 0 Å². The third kappa shape index (κ3) is 5.74. The summed E-state index contributed by atoms with van der Waals surface area (Å²) in [4.78, 5) is 17.3. The smallest absolute Gasteiger partial charge is 0.171 e. The van der Waals surface area contributed by atoms with E-state index in [4.69, 9.17) is 19.4 Å². The molecular weight excluding hydrogens is 834 g/mol. The lowest BCUT2D eigenvalue weighted by atomic mass is 9.64. The van der Waals surface area contributed by atoms with Crippen LogP contribution in [0.4, 0.5) is 0 Å². The summed E-state index contributed by atoms with van der Waals surface area (Å²) in [5.74, 6) is 1.86. The Hall–Kier alpha value is -7.63. The van der Waals surface area contributed by atoms with Crippen molar-refractivity contribution in [1.82, 2.24) is 15.0 Å². The van der Waals surface area contributed by atoms with Gasteiger partial charge in [-0.1, -0.05) is 194 Å². The first kappa shape index (κ1) is 37.9. The van der Waals surface area contributed by atoms with Crippen molar-refractivity contribution in [1.29, 1.82) is 0 Å². The van der Waals surface area contributed by atoms with Crippen molar-refractivity contribution < 1.29 is 8.98 Å². The second kappa shape index (κ2) is 14.7. The molecule has 0 radical (unpaired) electrons. The lowest BCUT2D eigenvalue weighted by molar-refractivity contribution is 0.589. The minimum atomic E-state index is -3.43. The molecule has 4 heterocycles. The topological polar surface area (TPSA) is 68.9 Å². The van der Waals surface area contributed by atoms with E-state index in [1.54, 1.807) is 11.8 Å². The maximum absolute atomic E-state index is 16.5. The quantitative estimate of drug-likeness (QED) is 0.161. The zero-order valence-corrected chi connectivity index (χ0v) is 36.5. The number of furan rings is 1. The van der Waals surface area contributed by atoms with Crippen molar-refractivity contribution in [3.05, 3.63) is 241 Å². The summed E-state index contributed by atoms with van der Waals surface area (Å²) in [6, 6.07) is 75.3. The van der Waals surface area contributed by atoms with Crippen molar-refractivity contribution >= 4 is 56.8 Å². The molecule has 2 atom stereocenters. The van der Waals surface area contributed by atoms with E-state index in [1.165, 1.54) is 5.56 Å². The van der Waals surface area contributed by atoms with Crippen molar-refractivity contribution in [2.24, 2.45) is 0 Å². The van der Waals surface area contributed by atoms with Gasteiger partial charge in [0.1, 0.15) is 11.2 Å². The summed E-state index contributed by atoms with van der Waals surface area (Å²) in [6.07, 6.45) is 0. The molecule has 0 aliphatic carbocycles. The van der Waals surface area contributed by atoms with Crippen LogP contribution < -0.4 is 15.9 Å². The van der Waals surface area contributed by atoms with Crippen LogP contribution in [0.5, 0.6) is 0 Å². The van der Waals surface area contributed by atoms with Gasteiger partial charge in [-0.15, -0.1) is 0 Å². The number of benzene rings is 9. The maximum Gasteiger partial charge on any atom is 0.171 e. The van der Waals surface area contributed by atoms with Gasteiger partial charge in [-0.05, 0) is 69.8 Å². The van der Waals surface area contributed by atoms with Crippen LogP contribution in [0.3, 0.4) is 0 Å². The molecule has 0 bridgehead atoms. The molecule has 306 valence electrons. The first-order valence-corrected chi connectivity index (χ1v) is 24.2. The average Bonchev–Trinajstić information content (AvgIpc) is 3.75. The molecule has 0 amide bonds. The van der Waals surface area contributed by atoms with Gasteiger partial charge in [0.25, 0.3) is 0 Å². The van der Waals surface area contributed by atoms with Crippen molar-refractivity contribution in [3.63, 3.8) is 0 Å². The van der Waals surface area contributed by atoms with E-state index in [-0.39, 0.29) is 0 Å². The number of nitrogens with zero attached hydrogens (tertiary/aromatic N) is 3. The van der Waals surface area contributed by atoms with Gasteiger partial charge in [-0.3, -0.25) is 0 Å². The summed E-state index contributed by atoms with van der Waals surface area (Å²) in [7, 11) is -3.43. The fourth-order valence-corrected chi connectivity index (χ4v) is 14.5. The van der Waals surface area contributed by atoms with Crippen LogP contribution in [0.1, 0.15) is 22.3 Å². The molecule has 2 unspecified atom stereocenters. The fraction of sp³-hybridized carbons (Fsp3) is 0.0172. The van der Waals surface area contributed by atoms with Gasteiger partial charge < -0.3 is 8.98 Å². The predicted molar refractivity (Wildman–Crippen MR) is 264 cm³/mol. The summed E-state index contributed by atoms with van der Waals surface area (Å²) in [5.41, 5.74) is 9.99. The molecule has 0 fully saturated rings. The summed E-state index contributed by atoms with van der Waals surface area (Å²) in [6.45, 7) is 0. The highest BCUT2D eigenvalue weighted by atomic mass is 32.2. The molecule has 0 N–H and O–H groups in total. The molecule has 0 saturated carbocycles. The Bertz CT molecular complexity index is 3680. The third-order valence-electron chi connectivity index (χ3n) is 13.1. The standard InChI is InChI=1S/C58H36N3O2PS/c62-64(42-23-8-3-9-24-42)51-29-14-11-26-45(51)58(48-35-44-43-25-10-13-28-49(43)63-50(44)36-52(48)64)46-27-12-15-30-53(46)65-54-34-40(31-32-47(54)58)39-21-16-22-41(33-39)57-60-55(37-17-4-1-5-18-37)59-56(61-57)38-19-6-2-7-20-38/h1-36H. The minimum Gasteiger partial charge on any atom is -0.456 e. The van der Waals surface area contributed by atoms with Gasteiger partial charge in [-0.25, -0.2) is 15.0 Å². The predicted octanol–water partition coefficient (Wildman–Crippen LogP) is 13.2. The highest BCUT2D eigenvalue weighted by Crippen LogP contribution is 2.62. The lowest BCUT2D eigenvalue weighted by Gasteiger charge is -2.47. The second-order valence-electron chi connectivity index (χ2n) is 16.6. The van der Waals surface area contributed by atoms with Gasteiger partial charge in [0.05, 0.1) is 5.41 Å². The van der Waals surface area contributed by atoms with Gasteiger partial charge in [0, 0.05) is 53.2 Å². The van der Waals surface area contributed by atoms with E-state index in [0.717, 1.165) is 92.2 Å². The van der Waals surface area contributed by atoms with Crippen molar-refractivity contribution in [3.8, 4) is 45.3 Å². The zero-order valence-electron chi connectivity index (χ0n) is 34.8. The van der Waals surface area contributed by atoms with Crippen LogP contribution >= 0.6 is 18.9 Å². The van der Waals surface area contributed by atoms with Gasteiger partial charge in [-0.2, -0.15) is 0 Å².